The number of hydrogen-bond acceptors (Lipinski definition) is 5. The van der Waals surface area contributed by atoms with E-state index in [2.05, 4.69) is 15.3 Å². The Balaban J connectivity index is 1.68. The molecule has 0 saturated carbocycles. The number of nitrogens with zero attached hydrogens (tertiary/aromatic N) is 4. The lowest BCUT2D eigenvalue weighted by Crippen LogP contribution is -2.25. The maximum atomic E-state index is 13.0. The number of aryl methyl sites for hydroxylation is 1. The lowest BCUT2D eigenvalue weighted by atomic mass is 10.1. The summed E-state index contributed by atoms with van der Waals surface area (Å²) in [7, 11) is 0. The first kappa shape index (κ1) is 21.5. The predicted octanol–water partition coefficient (Wildman–Crippen LogP) is 3.06. The third-order valence-electron chi connectivity index (χ3n) is 4.92. The number of imidazole rings is 1. The molecule has 0 aliphatic carbocycles. The van der Waals surface area contributed by atoms with E-state index in [-0.39, 0.29) is 30.6 Å². The molecule has 8 nitrogen and oxygen atoms in total. The Morgan fingerprint density at radius 3 is 2.69 bits per heavy atom. The summed E-state index contributed by atoms with van der Waals surface area (Å²) in [6, 6.07) is 9.17. The number of rotatable bonds is 6. The summed E-state index contributed by atoms with van der Waals surface area (Å²) in [5, 5.41) is 11.8. The molecular formula is C21H18F3N5O3. The Kier molecular flexibility index (Phi) is 5.66. The van der Waals surface area contributed by atoms with E-state index in [1.807, 2.05) is 0 Å². The maximum Gasteiger partial charge on any atom is 0.416 e. The van der Waals surface area contributed by atoms with Crippen molar-refractivity contribution in [3.8, 4) is 0 Å². The Bertz CT molecular complexity index is 1220. The number of hydrogen-bond donors (Lipinski definition) is 2. The lowest BCUT2D eigenvalue weighted by Gasteiger charge is -2.12. The Morgan fingerprint density at radius 2 is 2.00 bits per heavy atom. The van der Waals surface area contributed by atoms with Crippen molar-refractivity contribution < 1.29 is 27.9 Å². The van der Waals surface area contributed by atoms with Crippen molar-refractivity contribution in [2.45, 2.75) is 19.1 Å². The summed E-state index contributed by atoms with van der Waals surface area (Å²) in [5.74, 6) is -0.824. The molecule has 2 amide bonds. The number of anilines is 2. The Hall–Kier alpha value is -3.73. The molecule has 0 atom stereocenters. The van der Waals surface area contributed by atoms with Gasteiger partial charge in [0.05, 0.1) is 28.6 Å². The number of alkyl halides is 3. The van der Waals surface area contributed by atoms with Gasteiger partial charge in [-0.3, -0.25) is 24.8 Å². The third-order valence-corrected chi connectivity index (χ3v) is 4.92. The topological polar surface area (TPSA) is 99.8 Å². The number of benzene rings is 2. The fraction of sp³-hybridized carbons (Fsp3) is 0.238. The van der Waals surface area contributed by atoms with Crippen molar-refractivity contribution in [1.82, 2.24) is 9.55 Å². The van der Waals surface area contributed by atoms with Crippen molar-refractivity contribution in [2.24, 2.45) is 4.99 Å². The highest BCUT2D eigenvalue weighted by Gasteiger charge is 2.31. The van der Waals surface area contributed by atoms with Crippen molar-refractivity contribution in [1.29, 1.82) is 0 Å². The molecule has 2 N–H and O–H groups in total. The molecular weight excluding hydrogens is 427 g/mol. The van der Waals surface area contributed by atoms with Gasteiger partial charge in [-0.05, 0) is 42.8 Å². The van der Waals surface area contributed by atoms with Gasteiger partial charge >= 0.3 is 6.18 Å². The normalized spacial score (nSPS) is 13.9. The number of fused-ring (bicyclic) bond motifs is 1. The average molecular weight is 445 g/mol. The fourth-order valence-corrected chi connectivity index (χ4v) is 3.38. The molecule has 0 bridgehead atoms. The SMILES string of the molecule is O=C(Nc1nc2cc(N3C=NCC3=O)ccc2n1CCCO)c1cccc(C(F)(F)F)c1. The Labute approximate surface area is 180 Å². The number of amides is 2. The van der Waals surface area contributed by atoms with Crippen LogP contribution in [0, 0.1) is 0 Å². The summed E-state index contributed by atoms with van der Waals surface area (Å²) in [6.45, 7) is 0.271. The number of carbonyl (C=O) groups excluding carboxylic acids is 2. The number of nitrogens with one attached hydrogen (secondary N) is 1. The highest BCUT2D eigenvalue weighted by atomic mass is 19.4. The summed E-state index contributed by atoms with van der Waals surface area (Å²) in [4.78, 5) is 34.3. The van der Waals surface area contributed by atoms with Gasteiger partial charge in [0.25, 0.3) is 11.8 Å². The van der Waals surface area contributed by atoms with Crippen molar-refractivity contribution in [2.75, 3.05) is 23.4 Å². The minimum Gasteiger partial charge on any atom is -0.396 e. The van der Waals surface area contributed by atoms with Gasteiger partial charge in [0.15, 0.2) is 0 Å². The number of carbonyl (C=O) groups is 2. The van der Waals surface area contributed by atoms with Gasteiger partial charge < -0.3 is 9.67 Å². The second-order valence-electron chi connectivity index (χ2n) is 7.09. The van der Waals surface area contributed by atoms with Gasteiger partial charge in [0.2, 0.25) is 5.95 Å². The van der Waals surface area contributed by atoms with Crippen LogP contribution in [0.4, 0.5) is 24.8 Å². The van der Waals surface area contributed by atoms with Crippen LogP contribution in [0.5, 0.6) is 0 Å². The van der Waals surface area contributed by atoms with E-state index < -0.39 is 17.6 Å². The standard InChI is InChI=1S/C21H18F3N5O3/c22-21(23,24)14-4-1-3-13(9-14)19(32)27-20-26-16-10-15(29-12-25-11-18(29)31)5-6-17(16)28(20)7-2-8-30/h1,3-6,9-10,12,30H,2,7-8,11H2,(H,26,27,32). The van der Waals surface area contributed by atoms with E-state index in [4.69, 9.17) is 0 Å². The highest BCUT2D eigenvalue weighted by molar-refractivity contribution is 6.13. The van der Waals surface area contributed by atoms with Gasteiger partial charge in [-0.25, -0.2) is 4.98 Å². The van der Waals surface area contributed by atoms with Crippen molar-refractivity contribution in [3.05, 3.63) is 53.6 Å². The van der Waals surface area contributed by atoms with E-state index in [1.165, 1.54) is 17.3 Å². The van der Waals surface area contributed by atoms with Crippen LogP contribution in [0.2, 0.25) is 0 Å². The van der Waals surface area contributed by atoms with E-state index in [0.29, 0.717) is 29.7 Å². The molecule has 0 saturated heterocycles. The first-order chi connectivity index (χ1) is 15.3. The largest absolute Gasteiger partial charge is 0.416 e. The first-order valence-corrected chi connectivity index (χ1v) is 9.69. The summed E-state index contributed by atoms with van der Waals surface area (Å²) in [6.07, 6.45) is -2.78. The maximum absolute atomic E-state index is 13.0. The van der Waals surface area contributed by atoms with Gasteiger partial charge in [-0.15, -0.1) is 0 Å². The monoisotopic (exact) mass is 445 g/mol. The number of aliphatic hydroxyl groups is 1. The highest BCUT2D eigenvalue weighted by Crippen LogP contribution is 2.30. The zero-order valence-corrected chi connectivity index (χ0v) is 16.6. The van der Waals surface area contributed by atoms with Crippen molar-refractivity contribution >= 4 is 40.8 Å². The molecule has 2 aromatic carbocycles. The zero-order valence-electron chi connectivity index (χ0n) is 16.6. The molecule has 0 radical (unpaired) electrons. The molecule has 1 aliphatic rings. The molecule has 1 aromatic heterocycles. The van der Waals surface area contributed by atoms with Crippen LogP contribution >= 0.6 is 0 Å². The number of halogens is 3. The van der Waals surface area contributed by atoms with Crippen LogP contribution in [0.3, 0.4) is 0 Å². The Morgan fingerprint density at radius 1 is 1.19 bits per heavy atom. The second kappa shape index (κ2) is 8.42. The summed E-state index contributed by atoms with van der Waals surface area (Å²) < 4.78 is 40.6. The van der Waals surface area contributed by atoms with Gasteiger partial charge in [-0.2, -0.15) is 13.2 Å². The van der Waals surface area contributed by atoms with E-state index in [0.717, 1.165) is 18.2 Å². The van der Waals surface area contributed by atoms with Crippen LogP contribution in [-0.4, -0.2) is 46.0 Å². The quantitative estimate of drug-likeness (QED) is 0.609. The number of aliphatic hydroxyl groups excluding tert-OH is 1. The number of aromatic nitrogens is 2. The molecule has 166 valence electrons. The lowest BCUT2D eigenvalue weighted by molar-refractivity contribution is -0.137. The van der Waals surface area contributed by atoms with Crippen LogP contribution < -0.4 is 10.2 Å². The molecule has 0 unspecified atom stereocenters. The molecule has 11 heteroatoms. The van der Waals surface area contributed by atoms with Gasteiger partial charge in [-0.1, -0.05) is 6.07 Å². The molecule has 32 heavy (non-hydrogen) atoms. The summed E-state index contributed by atoms with van der Waals surface area (Å²) >= 11 is 0. The van der Waals surface area contributed by atoms with Gasteiger partial charge in [0, 0.05) is 18.7 Å². The fourth-order valence-electron chi connectivity index (χ4n) is 3.38. The van der Waals surface area contributed by atoms with Gasteiger partial charge in [0.1, 0.15) is 6.54 Å². The molecule has 1 aliphatic heterocycles. The molecule has 3 aromatic rings. The smallest absolute Gasteiger partial charge is 0.396 e. The zero-order chi connectivity index (χ0) is 22.9. The summed E-state index contributed by atoms with van der Waals surface area (Å²) in [5.41, 5.74) is 0.546. The second-order valence-corrected chi connectivity index (χ2v) is 7.09. The van der Waals surface area contributed by atoms with Crippen LogP contribution in [0.25, 0.3) is 11.0 Å². The first-order valence-electron chi connectivity index (χ1n) is 9.69. The van der Waals surface area contributed by atoms with Crippen molar-refractivity contribution in [3.63, 3.8) is 0 Å². The van der Waals surface area contributed by atoms with Crippen LogP contribution in [0.1, 0.15) is 22.3 Å². The minimum atomic E-state index is -4.57. The average Bonchev–Trinajstić information content (AvgIpc) is 3.34. The van der Waals surface area contributed by atoms with Crippen LogP contribution in [-0.2, 0) is 17.5 Å². The molecule has 0 spiro atoms. The van der Waals surface area contributed by atoms with E-state index in [1.54, 1.807) is 22.8 Å². The minimum absolute atomic E-state index is 0.0568. The van der Waals surface area contributed by atoms with E-state index >= 15 is 0 Å². The molecule has 2 heterocycles. The van der Waals surface area contributed by atoms with Crippen LogP contribution in [0.15, 0.2) is 47.5 Å². The molecule has 0 fully saturated rings. The predicted molar refractivity (Wildman–Crippen MR) is 112 cm³/mol. The molecule has 4 rings (SSSR count). The number of aliphatic imine (C=N–C) groups is 1. The van der Waals surface area contributed by atoms with E-state index in [9.17, 15) is 27.9 Å². The third kappa shape index (κ3) is 4.19.